The number of fused-ring (bicyclic) bond motifs is 1. The first kappa shape index (κ1) is 18.6. The number of hydrogen-bond donors (Lipinski definition) is 2. The Balaban J connectivity index is 1.92. The van der Waals surface area contributed by atoms with Crippen LogP contribution >= 0.6 is 11.8 Å². The molecule has 4 aromatic rings. The first-order valence-electron chi connectivity index (χ1n) is 8.69. The van der Waals surface area contributed by atoms with Gasteiger partial charge in [0.1, 0.15) is 16.5 Å². The molecule has 0 saturated carbocycles. The SMILES string of the molecule is Cc1cc(-c2cc(NS(C)=O)ccc2Sc2ccccc2)n2cc[nH]c(=O)c12. The van der Waals surface area contributed by atoms with Crippen LogP contribution in [-0.4, -0.2) is 19.8 Å². The molecule has 2 heterocycles. The second-order valence-corrected chi connectivity index (χ2v) is 8.63. The number of nitrogens with one attached hydrogen (secondary N) is 2. The lowest BCUT2D eigenvalue weighted by Gasteiger charge is -2.12. The highest BCUT2D eigenvalue weighted by Gasteiger charge is 2.15. The van der Waals surface area contributed by atoms with Crippen molar-refractivity contribution < 1.29 is 4.21 Å². The van der Waals surface area contributed by atoms with E-state index < -0.39 is 11.0 Å². The molecule has 0 bridgehead atoms. The average molecular weight is 410 g/mol. The summed E-state index contributed by atoms with van der Waals surface area (Å²) in [5.74, 6) is 0. The average Bonchev–Trinajstić information content (AvgIpc) is 3.01. The van der Waals surface area contributed by atoms with Crippen LogP contribution in [0.5, 0.6) is 0 Å². The van der Waals surface area contributed by atoms with Gasteiger partial charge in [0, 0.05) is 39.7 Å². The number of aryl methyl sites for hydroxylation is 1. The predicted molar refractivity (Wildman–Crippen MR) is 116 cm³/mol. The Labute approximate surface area is 169 Å². The molecule has 2 aromatic heterocycles. The number of anilines is 1. The van der Waals surface area contributed by atoms with Gasteiger partial charge in [0.2, 0.25) is 0 Å². The van der Waals surface area contributed by atoms with Crippen molar-refractivity contribution in [3.8, 4) is 11.3 Å². The summed E-state index contributed by atoms with van der Waals surface area (Å²) in [6, 6.07) is 18.1. The fourth-order valence-corrected chi connectivity index (χ4v) is 4.64. The van der Waals surface area contributed by atoms with Gasteiger partial charge in [0.05, 0.1) is 5.69 Å². The van der Waals surface area contributed by atoms with Crippen LogP contribution in [0.25, 0.3) is 16.8 Å². The molecule has 1 atom stereocenters. The fraction of sp³-hybridized carbons (Fsp3) is 0.0952. The molecule has 1 unspecified atom stereocenters. The molecule has 5 nitrogen and oxygen atoms in total. The van der Waals surface area contributed by atoms with Crippen molar-refractivity contribution in [1.29, 1.82) is 0 Å². The second kappa shape index (κ2) is 7.69. The Bertz CT molecular complexity index is 1230. The first-order chi connectivity index (χ1) is 13.5. The third kappa shape index (κ3) is 3.63. The van der Waals surface area contributed by atoms with Gasteiger partial charge in [0.15, 0.2) is 0 Å². The highest BCUT2D eigenvalue weighted by Crippen LogP contribution is 2.38. The Hall–Kier alpha value is -2.77. The predicted octanol–water partition coefficient (Wildman–Crippen LogP) is 4.46. The minimum atomic E-state index is -1.17. The fourth-order valence-electron chi connectivity index (χ4n) is 3.22. The Morgan fingerprint density at radius 3 is 2.64 bits per heavy atom. The van der Waals surface area contributed by atoms with Gasteiger partial charge >= 0.3 is 0 Å². The van der Waals surface area contributed by atoms with Gasteiger partial charge in [-0.15, -0.1) is 0 Å². The molecule has 0 saturated heterocycles. The van der Waals surface area contributed by atoms with E-state index in [0.717, 1.165) is 32.3 Å². The standard InChI is InChI=1S/C21H19N3O2S2/c1-14-12-18(24-11-10-22-21(25)20(14)24)17-13-15(23-28(2)26)8-9-19(17)27-16-6-4-3-5-7-16/h3-13,23H,1-2H3,(H,22,25). The van der Waals surface area contributed by atoms with Crippen molar-refractivity contribution in [3.63, 3.8) is 0 Å². The number of benzene rings is 2. The van der Waals surface area contributed by atoms with E-state index in [2.05, 4.69) is 21.8 Å². The van der Waals surface area contributed by atoms with Gasteiger partial charge in [-0.3, -0.25) is 4.79 Å². The topological polar surface area (TPSA) is 66.4 Å². The molecule has 2 N–H and O–H groups in total. The number of aromatic amines is 1. The van der Waals surface area contributed by atoms with Gasteiger partial charge in [-0.25, -0.2) is 4.21 Å². The monoisotopic (exact) mass is 409 g/mol. The van der Waals surface area contributed by atoms with Crippen LogP contribution in [0.3, 0.4) is 0 Å². The smallest absolute Gasteiger partial charge is 0.272 e. The molecule has 28 heavy (non-hydrogen) atoms. The lowest BCUT2D eigenvalue weighted by molar-refractivity contribution is 0.690. The minimum Gasteiger partial charge on any atom is -0.326 e. The largest absolute Gasteiger partial charge is 0.326 e. The summed E-state index contributed by atoms with van der Waals surface area (Å²) in [5, 5.41) is 0. The molecule has 142 valence electrons. The maximum absolute atomic E-state index is 12.3. The van der Waals surface area contributed by atoms with E-state index in [4.69, 9.17) is 0 Å². The van der Waals surface area contributed by atoms with Gasteiger partial charge in [-0.2, -0.15) is 0 Å². The summed E-state index contributed by atoms with van der Waals surface area (Å²) < 4.78 is 16.5. The van der Waals surface area contributed by atoms with Crippen LogP contribution in [0.4, 0.5) is 5.69 Å². The number of nitrogens with zero attached hydrogens (tertiary/aromatic N) is 1. The molecule has 0 aliphatic carbocycles. The van der Waals surface area contributed by atoms with E-state index >= 15 is 0 Å². The summed E-state index contributed by atoms with van der Waals surface area (Å²) in [6.45, 7) is 1.93. The lowest BCUT2D eigenvalue weighted by Crippen LogP contribution is -2.09. The van der Waals surface area contributed by atoms with E-state index in [9.17, 15) is 9.00 Å². The Morgan fingerprint density at radius 1 is 1.11 bits per heavy atom. The van der Waals surface area contributed by atoms with Crippen LogP contribution in [0.15, 0.2) is 81.6 Å². The second-order valence-electron chi connectivity index (χ2n) is 6.40. The van der Waals surface area contributed by atoms with E-state index in [0.29, 0.717) is 5.52 Å². The first-order valence-corrected chi connectivity index (χ1v) is 11.1. The van der Waals surface area contributed by atoms with E-state index in [1.165, 1.54) is 0 Å². The van der Waals surface area contributed by atoms with Crippen LogP contribution in [0.2, 0.25) is 0 Å². The van der Waals surface area contributed by atoms with Crippen molar-refractivity contribution in [2.45, 2.75) is 16.7 Å². The molecule has 2 aromatic carbocycles. The number of rotatable bonds is 5. The Morgan fingerprint density at radius 2 is 1.89 bits per heavy atom. The number of aromatic nitrogens is 2. The zero-order chi connectivity index (χ0) is 19.7. The molecule has 0 amide bonds. The molecular weight excluding hydrogens is 390 g/mol. The van der Waals surface area contributed by atoms with Crippen LogP contribution in [-0.2, 0) is 11.0 Å². The third-order valence-electron chi connectivity index (χ3n) is 4.37. The summed E-state index contributed by atoms with van der Waals surface area (Å²) in [4.78, 5) is 17.2. The maximum atomic E-state index is 12.3. The van der Waals surface area contributed by atoms with Crippen molar-refractivity contribution in [1.82, 2.24) is 9.38 Å². The van der Waals surface area contributed by atoms with Crippen LogP contribution < -0.4 is 10.3 Å². The highest BCUT2D eigenvalue weighted by atomic mass is 32.2. The minimum absolute atomic E-state index is 0.118. The molecule has 0 radical (unpaired) electrons. The maximum Gasteiger partial charge on any atom is 0.272 e. The molecule has 4 rings (SSSR count). The quantitative estimate of drug-likeness (QED) is 0.511. The summed E-state index contributed by atoms with van der Waals surface area (Å²) >= 11 is 1.66. The summed E-state index contributed by atoms with van der Waals surface area (Å²) in [7, 11) is -1.17. The number of hydrogen-bond acceptors (Lipinski definition) is 3. The van der Waals surface area contributed by atoms with Crippen molar-refractivity contribution >= 4 is 34.0 Å². The van der Waals surface area contributed by atoms with E-state index in [1.54, 1.807) is 24.2 Å². The number of H-pyrrole nitrogens is 1. The zero-order valence-electron chi connectivity index (χ0n) is 15.4. The zero-order valence-corrected chi connectivity index (χ0v) is 17.1. The third-order valence-corrected chi connectivity index (χ3v) is 5.98. The van der Waals surface area contributed by atoms with Gasteiger partial charge in [-0.1, -0.05) is 30.0 Å². The molecule has 0 fully saturated rings. The molecular formula is C21H19N3O2S2. The molecule has 0 aliphatic rings. The van der Waals surface area contributed by atoms with Crippen molar-refractivity contribution in [2.75, 3.05) is 11.0 Å². The van der Waals surface area contributed by atoms with Gasteiger partial charge in [-0.05, 0) is 48.9 Å². The summed E-state index contributed by atoms with van der Waals surface area (Å²) in [5.41, 5.74) is 4.08. The lowest BCUT2D eigenvalue weighted by atomic mass is 10.1. The van der Waals surface area contributed by atoms with Crippen molar-refractivity contribution in [2.24, 2.45) is 0 Å². The van der Waals surface area contributed by atoms with Crippen molar-refractivity contribution in [3.05, 3.63) is 82.9 Å². The highest BCUT2D eigenvalue weighted by molar-refractivity contribution is 7.99. The molecule has 0 spiro atoms. The Kier molecular flexibility index (Phi) is 5.11. The van der Waals surface area contributed by atoms with E-state index in [-0.39, 0.29) is 5.56 Å². The molecule has 0 aliphatic heterocycles. The van der Waals surface area contributed by atoms with Crippen LogP contribution in [0, 0.1) is 6.92 Å². The van der Waals surface area contributed by atoms with Gasteiger partial charge in [0.25, 0.3) is 5.56 Å². The molecule has 7 heteroatoms. The van der Waals surface area contributed by atoms with Crippen LogP contribution in [0.1, 0.15) is 5.56 Å². The normalized spacial score (nSPS) is 12.2. The van der Waals surface area contributed by atoms with E-state index in [1.807, 2.05) is 60.0 Å². The summed E-state index contributed by atoms with van der Waals surface area (Å²) in [6.07, 6.45) is 5.10. The van der Waals surface area contributed by atoms with Gasteiger partial charge < -0.3 is 14.1 Å².